The fourth-order valence-electron chi connectivity index (χ4n) is 4.88. The normalized spacial score (nSPS) is 25.0. The van der Waals surface area contributed by atoms with Crippen LogP contribution in [0.1, 0.15) is 56.5 Å². The fraction of sp³-hybridized carbons (Fsp3) is 0.609. The second-order valence-corrected chi connectivity index (χ2v) is 8.97. The van der Waals surface area contributed by atoms with Crippen molar-refractivity contribution in [1.82, 2.24) is 20.0 Å². The van der Waals surface area contributed by atoms with Crippen LogP contribution in [0.4, 0.5) is 0 Å². The number of likely N-dealkylation sites (N-methyl/N-ethyl adjacent to an activating group) is 1. The Morgan fingerprint density at radius 1 is 1.28 bits per heavy atom. The Morgan fingerprint density at radius 2 is 2.00 bits per heavy atom. The molecule has 0 saturated carbocycles. The molecule has 2 aromatic rings. The molecule has 1 fully saturated rings. The summed E-state index contributed by atoms with van der Waals surface area (Å²) >= 11 is 6.13. The molecule has 2 heterocycles. The third-order valence-electron chi connectivity index (χ3n) is 6.29. The van der Waals surface area contributed by atoms with Crippen LogP contribution in [-0.4, -0.2) is 45.0 Å². The van der Waals surface area contributed by atoms with E-state index in [-0.39, 0.29) is 18.2 Å². The molecule has 0 radical (unpaired) electrons. The lowest BCUT2D eigenvalue weighted by molar-refractivity contribution is 0.0579. The molecule has 1 aliphatic rings. The molecule has 0 spiro atoms. The van der Waals surface area contributed by atoms with E-state index < -0.39 is 0 Å². The Hall–Kier alpha value is -1.40. The predicted molar refractivity (Wildman–Crippen MR) is 119 cm³/mol. The number of aliphatic hydroxyl groups is 1. The summed E-state index contributed by atoms with van der Waals surface area (Å²) < 4.78 is 2.04. The van der Waals surface area contributed by atoms with Gasteiger partial charge in [0.15, 0.2) is 0 Å². The Balaban J connectivity index is 1.74. The summed E-state index contributed by atoms with van der Waals surface area (Å²) in [5, 5.41) is 19.2. The molecule has 0 amide bonds. The number of aryl methyl sites for hydroxylation is 2. The van der Waals surface area contributed by atoms with E-state index in [9.17, 15) is 5.11 Å². The molecular formula is C23H35ClN4O. The monoisotopic (exact) mass is 418 g/mol. The van der Waals surface area contributed by atoms with Gasteiger partial charge in [-0.05, 0) is 56.8 Å². The van der Waals surface area contributed by atoms with Gasteiger partial charge in [-0.3, -0.25) is 9.58 Å². The van der Waals surface area contributed by atoms with E-state index in [1.54, 1.807) is 0 Å². The molecule has 2 N–H and O–H groups in total. The van der Waals surface area contributed by atoms with Crippen molar-refractivity contribution >= 4 is 11.6 Å². The maximum atomic E-state index is 10.2. The number of nitrogens with zero attached hydrogens (tertiary/aromatic N) is 3. The zero-order valence-electron chi connectivity index (χ0n) is 18.2. The summed E-state index contributed by atoms with van der Waals surface area (Å²) in [6.45, 7) is 12.4. The Bertz CT molecular complexity index is 791. The lowest BCUT2D eigenvalue weighted by atomic mass is 9.90. The van der Waals surface area contributed by atoms with E-state index in [1.807, 2.05) is 16.8 Å². The van der Waals surface area contributed by atoms with E-state index >= 15 is 0 Å². The molecule has 1 saturated heterocycles. The first kappa shape index (κ1) is 22.3. The molecule has 3 atom stereocenters. The lowest BCUT2D eigenvalue weighted by Gasteiger charge is -2.37. The number of benzene rings is 1. The zero-order valence-corrected chi connectivity index (χ0v) is 18.9. The summed E-state index contributed by atoms with van der Waals surface area (Å²) in [6, 6.07) is 8.46. The molecule has 29 heavy (non-hydrogen) atoms. The van der Waals surface area contributed by atoms with E-state index in [0.29, 0.717) is 5.92 Å². The van der Waals surface area contributed by atoms with Crippen LogP contribution in [-0.2, 0) is 13.1 Å². The number of nitrogens with one attached hydrogen (secondary N) is 1. The van der Waals surface area contributed by atoms with Crippen molar-refractivity contribution in [3.05, 3.63) is 52.3 Å². The Morgan fingerprint density at radius 3 is 2.62 bits per heavy atom. The molecule has 3 rings (SSSR count). The number of aliphatic hydroxyl groups excluding tert-OH is 1. The quantitative estimate of drug-likeness (QED) is 0.641. The highest BCUT2D eigenvalue weighted by Crippen LogP contribution is 2.46. The van der Waals surface area contributed by atoms with E-state index in [4.69, 9.17) is 11.6 Å². The standard InChI is InChI=1S/C23H35ClN4O/c1-5-11-27-15-20(17(3)26-27)14-25-13-19-12-23(4,16-29)28(6-2)22(19)18-7-9-21(24)10-8-18/h7-10,15,19,22,25,29H,5-6,11-14,16H2,1-4H3/t19-,22+,23+/m0/s1. The molecule has 6 heteroatoms. The zero-order chi connectivity index (χ0) is 21.0. The first-order valence-electron chi connectivity index (χ1n) is 10.8. The minimum absolute atomic E-state index is 0.171. The van der Waals surface area contributed by atoms with Crippen LogP contribution >= 0.6 is 11.6 Å². The van der Waals surface area contributed by atoms with E-state index in [1.165, 1.54) is 11.1 Å². The number of halogens is 1. The van der Waals surface area contributed by atoms with Gasteiger partial charge in [-0.15, -0.1) is 0 Å². The highest BCUT2D eigenvalue weighted by atomic mass is 35.5. The summed E-state index contributed by atoms with van der Waals surface area (Å²) in [5.74, 6) is 0.416. The van der Waals surface area contributed by atoms with Crippen LogP contribution in [0.15, 0.2) is 30.5 Å². The number of rotatable bonds is 9. The summed E-state index contributed by atoms with van der Waals surface area (Å²) in [7, 11) is 0. The molecule has 1 aliphatic heterocycles. The van der Waals surface area contributed by atoms with Gasteiger partial charge < -0.3 is 10.4 Å². The molecular weight excluding hydrogens is 384 g/mol. The third-order valence-corrected chi connectivity index (χ3v) is 6.55. The maximum Gasteiger partial charge on any atom is 0.0638 e. The minimum atomic E-state index is -0.201. The van der Waals surface area contributed by atoms with Crippen LogP contribution < -0.4 is 5.32 Å². The van der Waals surface area contributed by atoms with Crippen LogP contribution in [0.5, 0.6) is 0 Å². The number of aromatic nitrogens is 2. The van der Waals surface area contributed by atoms with Gasteiger partial charge in [-0.25, -0.2) is 0 Å². The summed E-state index contributed by atoms with van der Waals surface area (Å²) in [6.07, 6.45) is 4.21. The highest BCUT2D eigenvalue weighted by Gasteiger charge is 2.47. The first-order valence-corrected chi connectivity index (χ1v) is 11.2. The second-order valence-electron chi connectivity index (χ2n) is 8.54. The molecule has 5 nitrogen and oxygen atoms in total. The van der Waals surface area contributed by atoms with Gasteiger partial charge in [0, 0.05) is 48.0 Å². The molecule has 160 valence electrons. The van der Waals surface area contributed by atoms with E-state index in [2.05, 4.69) is 61.3 Å². The van der Waals surface area contributed by atoms with Gasteiger partial charge in [0.1, 0.15) is 0 Å². The van der Waals surface area contributed by atoms with E-state index in [0.717, 1.165) is 49.7 Å². The average Bonchev–Trinajstić information content (AvgIpc) is 3.19. The van der Waals surface area contributed by atoms with Crippen molar-refractivity contribution in [2.45, 2.75) is 65.2 Å². The number of hydrogen-bond acceptors (Lipinski definition) is 4. The van der Waals surface area contributed by atoms with Gasteiger partial charge >= 0.3 is 0 Å². The van der Waals surface area contributed by atoms with Crippen LogP contribution in [0.2, 0.25) is 5.02 Å². The second kappa shape index (κ2) is 9.61. The predicted octanol–water partition coefficient (Wildman–Crippen LogP) is 4.18. The van der Waals surface area contributed by atoms with Crippen molar-refractivity contribution in [3.63, 3.8) is 0 Å². The van der Waals surface area contributed by atoms with Gasteiger partial charge in [0.2, 0.25) is 0 Å². The Labute approximate surface area is 180 Å². The highest BCUT2D eigenvalue weighted by molar-refractivity contribution is 6.30. The SMILES string of the molecule is CCCn1cc(CNC[C@@H]2C[C@](C)(CO)N(CC)[C@@H]2c2ccc(Cl)cc2)c(C)n1. The first-order chi connectivity index (χ1) is 13.9. The minimum Gasteiger partial charge on any atom is -0.394 e. The van der Waals surface area contributed by atoms with Crippen LogP contribution in [0.25, 0.3) is 0 Å². The summed E-state index contributed by atoms with van der Waals surface area (Å²) in [5.41, 5.74) is 3.43. The van der Waals surface area contributed by atoms with Crippen molar-refractivity contribution in [2.24, 2.45) is 5.92 Å². The van der Waals surface area contributed by atoms with Gasteiger partial charge in [-0.1, -0.05) is 37.6 Å². The van der Waals surface area contributed by atoms with Gasteiger partial charge in [-0.2, -0.15) is 5.10 Å². The Kier molecular flexibility index (Phi) is 7.38. The molecule has 0 aliphatic carbocycles. The smallest absolute Gasteiger partial charge is 0.0638 e. The lowest BCUT2D eigenvalue weighted by Crippen LogP contribution is -2.45. The third kappa shape index (κ3) is 4.85. The number of likely N-dealkylation sites (tertiary alicyclic amines) is 1. The van der Waals surface area contributed by atoms with Crippen molar-refractivity contribution in [2.75, 3.05) is 19.7 Å². The largest absolute Gasteiger partial charge is 0.394 e. The van der Waals surface area contributed by atoms with Crippen LogP contribution in [0, 0.1) is 12.8 Å². The molecule has 1 aromatic carbocycles. The van der Waals surface area contributed by atoms with Crippen molar-refractivity contribution < 1.29 is 5.11 Å². The number of hydrogen-bond donors (Lipinski definition) is 2. The van der Waals surface area contributed by atoms with Crippen molar-refractivity contribution in [3.8, 4) is 0 Å². The topological polar surface area (TPSA) is 53.3 Å². The molecule has 0 unspecified atom stereocenters. The van der Waals surface area contributed by atoms with Gasteiger partial charge in [0.05, 0.1) is 12.3 Å². The van der Waals surface area contributed by atoms with Gasteiger partial charge in [0.25, 0.3) is 0 Å². The van der Waals surface area contributed by atoms with Crippen LogP contribution in [0.3, 0.4) is 0 Å². The fourth-order valence-corrected chi connectivity index (χ4v) is 5.01. The maximum absolute atomic E-state index is 10.2. The van der Waals surface area contributed by atoms with Crippen molar-refractivity contribution in [1.29, 1.82) is 0 Å². The molecule has 1 aromatic heterocycles. The summed E-state index contributed by atoms with van der Waals surface area (Å²) in [4.78, 5) is 2.45. The molecule has 0 bridgehead atoms. The average molecular weight is 419 g/mol.